The number of amides is 2. The Hall–Kier alpha value is -4.60. The quantitative estimate of drug-likeness (QED) is 0.292. The molecule has 0 bridgehead atoms. The molecule has 9 nitrogen and oxygen atoms in total. The van der Waals surface area contributed by atoms with Gasteiger partial charge in [-0.3, -0.25) is 19.7 Å². The summed E-state index contributed by atoms with van der Waals surface area (Å²) >= 11 is 0. The van der Waals surface area contributed by atoms with Crippen molar-refractivity contribution in [3.63, 3.8) is 0 Å². The van der Waals surface area contributed by atoms with E-state index in [0.717, 1.165) is 0 Å². The minimum atomic E-state index is -1.04. The lowest BCUT2D eigenvalue weighted by Gasteiger charge is -2.13. The monoisotopic (exact) mass is 464 g/mol. The van der Waals surface area contributed by atoms with Crippen molar-refractivity contribution < 1.29 is 23.6 Å². The first kappa shape index (κ1) is 24.1. The highest BCUT2D eigenvalue weighted by molar-refractivity contribution is 6.05. The van der Waals surface area contributed by atoms with E-state index < -0.39 is 28.7 Å². The van der Waals surface area contributed by atoms with Gasteiger partial charge in [-0.2, -0.15) is 5.10 Å². The van der Waals surface area contributed by atoms with Crippen LogP contribution in [0.4, 0.5) is 15.8 Å². The molecule has 1 unspecified atom stereocenters. The molecule has 2 amide bonds. The zero-order valence-corrected chi connectivity index (χ0v) is 18.3. The fourth-order valence-electron chi connectivity index (χ4n) is 2.87. The summed E-state index contributed by atoms with van der Waals surface area (Å²) in [7, 11) is 0. The average molecular weight is 464 g/mol. The SMILES string of the molecule is CC(=NNC(=O)C(C)Oc1ccccc1[N+](=O)[O-])c1cccc(NC(=O)c2ccc(F)cc2)c1. The minimum absolute atomic E-state index is 0.0274. The van der Waals surface area contributed by atoms with Gasteiger partial charge in [0, 0.05) is 17.3 Å². The van der Waals surface area contributed by atoms with E-state index in [4.69, 9.17) is 4.74 Å². The van der Waals surface area contributed by atoms with Gasteiger partial charge in [-0.1, -0.05) is 24.3 Å². The number of rotatable bonds is 8. The van der Waals surface area contributed by atoms with Crippen molar-refractivity contribution in [3.05, 3.63) is 99.9 Å². The van der Waals surface area contributed by atoms with Gasteiger partial charge >= 0.3 is 5.69 Å². The van der Waals surface area contributed by atoms with Crippen LogP contribution in [0, 0.1) is 15.9 Å². The Balaban J connectivity index is 1.63. The van der Waals surface area contributed by atoms with Crippen molar-refractivity contribution in [2.75, 3.05) is 5.32 Å². The summed E-state index contributed by atoms with van der Waals surface area (Å²) in [6, 6.07) is 17.7. The second-order valence-electron chi connectivity index (χ2n) is 7.20. The zero-order valence-electron chi connectivity index (χ0n) is 18.3. The van der Waals surface area contributed by atoms with Crippen molar-refractivity contribution in [3.8, 4) is 5.75 Å². The van der Waals surface area contributed by atoms with E-state index in [0.29, 0.717) is 22.5 Å². The number of para-hydroxylation sites is 2. The van der Waals surface area contributed by atoms with Crippen LogP contribution in [-0.4, -0.2) is 28.6 Å². The Kier molecular flexibility index (Phi) is 7.65. The molecule has 174 valence electrons. The molecule has 0 saturated heterocycles. The molecule has 0 aliphatic heterocycles. The number of carbonyl (C=O) groups is 2. The predicted octanol–water partition coefficient (Wildman–Crippen LogP) is 4.29. The zero-order chi connectivity index (χ0) is 24.7. The lowest BCUT2D eigenvalue weighted by Crippen LogP contribution is -2.34. The van der Waals surface area contributed by atoms with Crippen LogP contribution in [0.15, 0.2) is 77.9 Å². The number of hydrogen-bond donors (Lipinski definition) is 2. The van der Waals surface area contributed by atoms with E-state index in [2.05, 4.69) is 15.8 Å². The molecular weight excluding hydrogens is 443 g/mol. The highest BCUT2D eigenvalue weighted by Crippen LogP contribution is 2.26. The van der Waals surface area contributed by atoms with Gasteiger partial charge in [-0.25, -0.2) is 9.82 Å². The summed E-state index contributed by atoms with van der Waals surface area (Å²) < 4.78 is 18.5. The van der Waals surface area contributed by atoms with Crippen molar-refractivity contribution in [1.29, 1.82) is 0 Å². The van der Waals surface area contributed by atoms with Gasteiger partial charge in [0.05, 0.1) is 10.6 Å². The highest BCUT2D eigenvalue weighted by atomic mass is 19.1. The topological polar surface area (TPSA) is 123 Å². The maximum atomic E-state index is 13.0. The number of hydrazone groups is 1. The fraction of sp³-hybridized carbons (Fsp3) is 0.125. The summed E-state index contributed by atoms with van der Waals surface area (Å²) in [5.41, 5.74) is 3.99. The number of anilines is 1. The highest BCUT2D eigenvalue weighted by Gasteiger charge is 2.20. The molecule has 0 aromatic heterocycles. The Bertz CT molecular complexity index is 1240. The third-order valence-electron chi connectivity index (χ3n) is 4.71. The summed E-state index contributed by atoms with van der Waals surface area (Å²) in [5.74, 6) is -1.46. The number of halogens is 1. The molecule has 34 heavy (non-hydrogen) atoms. The van der Waals surface area contributed by atoms with Gasteiger partial charge < -0.3 is 10.1 Å². The van der Waals surface area contributed by atoms with E-state index in [1.165, 1.54) is 49.4 Å². The molecule has 0 fully saturated rings. The van der Waals surface area contributed by atoms with E-state index in [-0.39, 0.29) is 11.4 Å². The summed E-state index contributed by atoms with van der Waals surface area (Å²) in [6.07, 6.45) is -1.04. The Morgan fingerprint density at radius 2 is 1.74 bits per heavy atom. The summed E-state index contributed by atoms with van der Waals surface area (Å²) in [6.45, 7) is 3.11. The normalized spacial score (nSPS) is 11.9. The van der Waals surface area contributed by atoms with Gasteiger partial charge in [0.1, 0.15) is 5.82 Å². The first-order valence-corrected chi connectivity index (χ1v) is 10.2. The van der Waals surface area contributed by atoms with Gasteiger partial charge in [0.2, 0.25) is 0 Å². The van der Waals surface area contributed by atoms with Gasteiger partial charge in [-0.05, 0) is 61.9 Å². The van der Waals surface area contributed by atoms with Crippen molar-refractivity contribution >= 4 is 28.9 Å². The molecule has 3 rings (SSSR count). The lowest BCUT2D eigenvalue weighted by atomic mass is 10.1. The molecule has 0 aliphatic carbocycles. The molecule has 3 aromatic rings. The standard InChI is InChI=1S/C24H21FN4O5/c1-15(27-28-23(30)16(2)34-22-9-4-3-8-21(22)29(32)33)18-6-5-7-20(14-18)26-24(31)17-10-12-19(25)13-11-17/h3-14,16H,1-2H3,(H,26,31)(H,28,30). The molecule has 0 saturated carbocycles. The molecule has 0 spiro atoms. The maximum Gasteiger partial charge on any atom is 0.310 e. The van der Waals surface area contributed by atoms with Crippen molar-refractivity contribution in [2.45, 2.75) is 20.0 Å². The van der Waals surface area contributed by atoms with Gasteiger partial charge in [0.25, 0.3) is 11.8 Å². The summed E-state index contributed by atoms with van der Waals surface area (Å²) in [5, 5.41) is 17.9. The number of ether oxygens (including phenoxy) is 1. The number of hydrogen-bond acceptors (Lipinski definition) is 6. The second kappa shape index (κ2) is 10.8. The molecule has 0 aliphatic rings. The molecule has 3 aromatic carbocycles. The maximum absolute atomic E-state index is 13.0. The molecule has 10 heteroatoms. The van der Waals surface area contributed by atoms with Crippen LogP contribution in [-0.2, 0) is 4.79 Å². The van der Waals surface area contributed by atoms with Crippen LogP contribution < -0.4 is 15.5 Å². The van der Waals surface area contributed by atoms with E-state index >= 15 is 0 Å². The Morgan fingerprint density at radius 3 is 2.44 bits per heavy atom. The Morgan fingerprint density at radius 1 is 1.03 bits per heavy atom. The average Bonchev–Trinajstić information content (AvgIpc) is 2.83. The number of nitro benzene ring substituents is 1. The van der Waals surface area contributed by atoms with Gasteiger partial charge in [-0.15, -0.1) is 0 Å². The molecule has 0 heterocycles. The van der Waals surface area contributed by atoms with Crippen molar-refractivity contribution in [2.24, 2.45) is 5.10 Å². The second-order valence-corrected chi connectivity index (χ2v) is 7.20. The van der Waals surface area contributed by atoms with Crippen LogP contribution in [0.1, 0.15) is 29.8 Å². The Labute approximate surface area is 194 Å². The predicted molar refractivity (Wildman–Crippen MR) is 124 cm³/mol. The number of benzene rings is 3. The van der Waals surface area contributed by atoms with Crippen LogP contribution in [0.2, 0.25) is 0 Å². The van der Waals surface area contributed by atoms with E-state index in [1.807, 2.05) is 0 Å². The van der Waals surface area contributed by atoms with Gasteiger partial charge in [0.15, 0.2) is 11.9 Å². The number of nitrogens with one attached hydrogen (secondary N) is 2. The first-order valence-electron chi connectivity index (χ1n) is 10.2. The molecule has 0 radical (unpaired) electrons. The van der Waals surface area contributed by atoms with E-state index in [1.54, 1.807) is 37.3 Å². The summed E-state index contributed by atoms with van der Waals surface area (Å²) in [4.78, 5) is 35.2. The van der Waals surface area contributed by atoms with Crippen LogP contribution in [0.25, 0.3) is 0 Å². The first-order chi connectivity index (χ1) is 16.2. The molecule has 2 N–H and O–H groups in total. The van der Waals surface area contributed by atoms with Crippen LogP contribution >= 0.6 is 0 Å². The van der Waals surface area contributed by atoms with Crippen molar-refractivity contribution in [1.82, 2.24) is 5.43 Å². The smallest absolute Gasteiger partial charge is 0.310 e. The third-order valence-corrected chi connectivity index (χ3v) is 4.71. The number of nitro groups is 1. The minimum Gasteiger partial charge on any atom is -0.474 e. The number of carbonyl (C=O) groups excluding carboxylic acids is 2. The largest absolute Gasteiger partial charge is 0.474 e. The molecule has 1 atom stereocenters. The van der Waals surface area contributed by atoms with E-state index in [9.17, 15) is 24.1 Å². The lowest BCUT2D eigenvalue weighted by molar-refractivity contribution is -0.386. The molecular formula is C24H21FN4O5. The fourth-order valence-corrected chi connectivity index (χ4v) is 2.87. The van der Waals surface area contributed by atoms with Crippen LogP contribution in [0.5, 0.6) is 5.75 Å². The van der Waals surface area contributed by atoms with Crippen LogP contribution in [0.3, 0.4) is 0 Å². The number of nitrogens with zero attached hydrogens (tertiary/aromatic N) is 2. The third kappa shape index (κ3) is 6.22.